The fraction of sp³-hybridized carbons (Fsp3) is 0.286. The third-order valence-corrected chi connectivity index (χ3v) is 5.38. The number of carbonyl (C=O) groups is 1. The van der Waals surface area contributed by atoms with Crippen molar-refractivity contribution in [3.63, 3.8) is 0 Å². The molecular formula is C21H22ClN3O. The predicted molar refractivity (Wildman–Crippen MR) is 107 cm³/mol. The van der Waals surface area contributed by atoms with E-state index < -0.39 is 0 Å². The molecule has 1 fully saturated rings. The molecule has 4 nitrogen and oxygen atoms in total. The standard InChI is InChI=1S/C21H22ClN3O/c1-2-24-10-12-25(13-11-24)21(26)20-19(15-6-4-3-5-7-15)17-14-16(22)8-9-18(17)23-20/h3-9,14,23H,2,10-13H2,1H3. The van der Waals surface area contributed by atoms with Crippen molar-refractivity contribution in [2.75, 3.05) is 32.7 Å². The van der Waals surface area contributed by atoms with Crippen LogP contribution in [0.1, 0.15) is 17.4 Å². The molecule has 1 N–H and O–H groups in total. The topological polar surface area (TPSA) is 39.3 Å². The second kappa shape index (κ2) is 7.14. The molecule has 1 saturated heterocycles. The van der Waals surface area contributed by atoms with E-state index in [0.29, 0.717) is 10.7 Å². The zero-order valence-corrected chi connectivity index (χ0v) is 15.6. The van der Waals surface area contributed by atoms with Gasteiger partial charge in [0, 0.05) is 47.7 Å². The molecule has 2 aromatic carbocycles. The molecule has 134 valence electrons. The number of carbonyl (C=O) groups excluding carboxylic acids is 1. The normalized spacial score (nSPS) is 15.5. The molecule has 1 aliphatic rings. The molecule has 0 spiro atoms. The average molecular weight is 368 g/mol. The summed E-state index contributed by atoms with van der Waals surface area (Å²) in [5, 5.41) is 1.66. The zero-order chi connectivity index (χ0) is 18.1. The van der Waals surface area contributed by atoms with Gasteiger partial charge < -0.3 is 14.8 Å². The number of amides is 1. The Hall–Kier alpha value is -2.30. The maximum atomic E-state index is 13.3. The molecule has 26 heavy (non-hydrogen) atoms. The lowest BCUT2D eigenvalue weighted by molar-refractivity contribution is 0.0639. The molecule has 0 radical (unpaired) electrons. The van der Waals surface area contributed by atoms with Crippen LogP contribution in [0.5, 0.6) is 0 Å². The molecule has 0 saturated carbocycles. The minimum absolute atomic E-state index is 0.0620. The molecule has 4 rings (SSSR count). The van der Waals surface area contributed by atoms with Crippen molar-refractivity contribution in [2.24, 2.45) is 0 Å². The van der Waals surface area contributed by atoms with Crippen LogP contribution in [-0.4, -0.2) is 53.4 Å². The van der Waals surface area contributed by atoms with Crippen molar-refractivity contribution >= 4 is 28.4 Å². The molecule has 2 heterocycles. The number of nitrogens with one attached hydrogen (secondary N) is 1. The van der Waals surface area contributed by atoms with E-state index in [0.717, 1.165) is 54.8 Å². The van der Waals surface area contributed by atoms with E-state index >= 15 is 0 Å². The molecule has 0 aliphatic carbocycles. The van der Waals surface area contributed by atoms with Gasteiger partial charge in [-0.15, -0.1) is 0 Å². The molecule has 0 unspecified atom stereocenters. The summed E-state index contributed by atoms with van der Waals surface area (Å²) in [5.41, 5.74) is 3.55. The van der Waals surface area contributed by atoms with Gasteiger partial charge in [0.2, 0.25) is 0 Å². The Kier molecular flexibility index (Phi) is 4.70. The highest BCUT2D eigenvalue weighted by Gasteiger charge is 2.26. The van der Waals surface area contributed by atoms with Crippen LogP contribution in [0.3, 0.4) is 0 Å². The molecule has 1 aliphatic heterocycles. The van der Waals surface area contributed by atoms with Crippen LogP contribution in [0.15, 0.2) is 48.5 Å². The summed E-state index contributed by atoms with van der Waals surface area (Å²) in [6, 6.07) is 15.8. The smallest absolute Gasteiger partial charge is 0.271 e. The van der Waals surface area contributed by atoms with Gasteiger partial charge >= 0.3 is 0 Å². The number of nitrogens with zero attached hydrogens (tertiary/aromatic N) is 2. The summed E-state index contributed by atoms with van der Waals surface area (Å²) in [6.45, 7) is 6.56. The summed E-state index contributed by atoms with van der Waals surface area (Å²) in [4.78, 5) is 21.0. The Bertz CT molecular complexity index is 927. The van der Waals surface area contributed by atoms with Crippen LogP contribution in [0.2, 0.25) is 5.02 Å². The molecular weight excluding hydrogens is 346 g/mol. The summed E-state index contributed by atoms with van der Waals surface area (Å²) in [7, 11) is 0. The van der Waals surface area contributed by atoms with E-state index in [9.17, 15) is 4.79 Å². The van der Waals surface area contributed by atoms with Crippen LogP contribution in [0.4, 0.5) is 0 Å². The lowest BCUT2D eigenvalue weighted by Crippen LogP contribution is -2.48. The van der Waals surface area contributed by atoms with Gasteiger partial charge in [-0.3, -0.25) is 4.79 Å². The number of aromatic amines is 1. The molecule has 1 aromatic heterocycles. The summed E-state index contributed by atoms with van der Waals surface area (Å²) >= 11 is 6.23. The lowest BCUT2D eigenvalue weighted by Gasteiger charge is -2.34. The largest absolute Gasteiger partial charge is 0.350 e. The highest BCUT2D eigenvalue weighted by molar-refractivity contribution is 6.31. The first-order valence-electron chi connectivity index (χ1n) is 9.05. The van der Waals surface area contributed by atoms with Crippen molar-refractivity contribution < 1.29 is 4.79 Å². The van der Waals surface area contributed by atoms with Crippen LogP contribution >= 0.6 is 11.6 Å². The number of hydrogen-bond donors (Lipinski definition) is 1. The first-order valence-corrected chi connectivity index (χ1v) is 9.43. The SMILES string of the molecule is CCN1CCN(C(=O)c2[nH]c3ccc(Cl)cc3c2-c2ccccc2)CC1. The first kappa shape index (κ1) is 17.1. The van der Waals surface area contributed by atoms with Gasteiger partial charge in [-0.1, -0.05) is 48.9 Å². The second-order valence-electron chi connectivity index (χ2n) is 6.66. The van der Waals surface area contributed by atoms with Crippen molar-refractivity contribution in [3.05, 3.63) is 59.2 Å². The van der Waals surface area contributed by atoms with Crippen molar-refractivity contribution in [1.82, 2.24) is 14.8 Å². The molecule has 3 aromatic rings. The number of H-pyrrole nitrogens is 1. The zero-order valence-electron chi connectivity index (χ0n) is 14.8. The lowest BCUT2D eigenvalue weighted by atomic mass is 10.0. The number of fused-ring (bicyclic) bond motifs is 1. The maximum Gasteiger partial charge on any atom is 0.271 e. The Morgan fingerprint density at radius 1 is 1.08 bits per heavy atom. The number of rotatable bonds is 3. The van der Waals surface area contributed by atoms with E-state index in [-0.39, 0.29) is 5.91 Å². The average Bonchev–Trinajstić information content (AvgIpc) is 3.06. The van der Waals surface area contributed by atoms with Gasteiger partial charge in [0.15, 0.2) is 0 Å². The van der Waals surface area contributed by atoms with Gasteiger partial charge in [-0.25, -0.2) is 0 Å². The number of hydrogen-bond acceptors (Lipinski definition) is 2. The summed E-state index contributed by atoms with van der Waals surface area (Å²) < 4.78 is 0. The minimum Gasteiger partial charge on any atom is -0.350 e. The fourth-order valence-electron chi connectivity index (χ4n) is 3.65. The second-order valence-corrected chi connectivity index (χ2v) is 7.09. The van der Waals surface area contributed by atoms with Gasteiger partial charge in [-0.05, 0) is 30.3 Å². The van der Waals surface area contributed by atoms with Crippen molar-refractivity contribution in [2.45, 2.75) is 6.92 Å². The summed E-state index contributed by atoms with van der Waals surface area (Å²) in [6.07, 6.45) is 0. The van der Waals surface area contributed by atoms with Crippen LogP contribution in [0.25, 0.3) is 22.0 Å². The van der Waals surface area contributed by atoms with E-state index in [4.69, 9.17) is 11.6 Å². The Morgan fingerprint density at radius 3 is 2.50 bits per heavy atom. The minimum atomic E-state index is 0.0620. The van der Waals surface area contributed by atoms with Crippen molar-refractivity contribution in [1.29, 1.82) is 0 Å². The van der Waals surface area contributed by atoms with E-state index in [1.54, 1.807) is 0 Å². The highest BCUT2D eigenvalue weighted by atomic mass is 35.5. The van der Waals surface area contributed by atoms with Gasteiger partial charge in [0.05, 0.1) is 0 Å². The summed E-state index contributed by atoms with van der Waals surface area (Å²) in [5.74, 6) is 0.0620. The van der Waals surface area contributed by atoms with Gasteiger partial charge in [0.1, 0.15) is 5.69 Å². The number of piperazine rings is 1. The van der Waals surface area contributed by atoms with E-state index in [1.165, 1.54) is 0 Å². The van der Waals surface area contributed by atoms with E-state index in [1.807, 2.05) is 53.4 Å². The molecule has 1 amide bonds. The predicted octanol–water partition coefficient (Wildman–Crippen LogP) is 4.27. The number of halogens is 1. The van der Waals surface area contributed by atoms with Crippen molar-refractivity contribution in [3.8, 4) is 11.1 Å². The molecule has 0 atom stereocenters. The number of benzene rings is 2. The Morgan fingerprint density at radius 2 is 1.81 bits per heavy atom. The fourth-order valence-corrected chi connectivity index (χ4v) is 3.83. The highest BCUT2D eigenvalue weighted by Crippen LogP contribution is 2.34. The van der Waals surface area contributed by atoms with Crippen LogP contribution in [0, 0.1) is 0 Å². The molecule has 0 bridgehead atoms. The Labute approximate surface area is 158 Å². The third kappa shape index (κ3) is 3.11. The number of likely N-dealkylation sites (N-methyl/N-ethyl adjacent to an activating group) is 1. The van der Waals surface area contributed by atoms with Crippen LogP contribution in [-0.2, 0) is 0 Å². The maximum absolute atomic E-state index is 13.3. The third-order valence-electron chi connectivity index (χ3n) is 5.14. The quantitative estimate of drug-likeness (QED) is 0.751. The van der Waals surface area contributed by atoms with E-state index in [2.05, 4.69) is 16.8 Å². The molecule has 5 heteroatoms. The van der Waals surface area contributed by atoms with Crippen LogP contribution < -0.4 is 0 Å². The Balaban J connectivity index is 1.78. The van der Waals surface area contributed by atoms with Gasteiger partial charge in [0.25, 0.3) is 5.91 Å². The first-order chi connectivity index (χ1) is 12.7. The van der Waals surface area contributed by atoms with Gasteiger partial charge in [-0.2, -0.15) is 0 Å². The monoisotopic (exact) mass is 367 g/mol. The number of aromatic nitrogens is 1.